The van der Waals surface area contributed by atoms with Crippen molar-refractivity contribution in [3.8, 4) is 11.8 Å². The number of hydrogen-bond acceptors (Lipinski definition) is 6. The molecule has 0 saturated heterocycles. The summed E-state index contributed by atoms with van der Waals surface area (Å²) in [7, 11) is 0. The number of halogens is 2. The van der Waals surface area contributed by atoms with Crippen molar-refractivity contribution >= 4 is 29.1 Å². The van der Waals surface area contributed by atoms with E-state index in [0.29, 0.717) is 28.2 Å². The average molecular weight is 392 g/mol. The lowest BCUT2D eigenvalue weighted by Gasteiger charge is -2.06. The van der Waals surface area contributed by atoms with Gasteiger partial charge in [-0.3, -0.25) is 0 Å². The Kier molecular flexibility index (Phi) is 6.00. The van der Waals surface area contributed by atoms with Gasteiger partial charge in [-0.05, 0) is 24.6 Å². The van der Waals surface area contributed by atoms with Crippen molar-refractivity contribution in [2.45, 2.75) is 19.6 Å². The summed E-state index contributed by atoms with van der Waals surface area (Å²) < 4.78 is 13.1. The number of oxazole rings is 1. The van der Waals surface area contributed by atoms with Crippen molar-refractivity contribution in [2.24, 2.45) is 0 Å². The van der Waals surface area contributed by atoms with Gasteiger partial charge >= 0.3 is 0 Å². The summed E-state index contributed by atoms with van der Waals surface area (Å²) in [6.45, 7) is 1.49. The number of imidazole rings is 1. The molecule has 7 nitrogen and oxygen atoms in total. The van der Waals surface area contributed by atoms with E-state index in [-0.39, 0.29) is 18.2 Å². The summed E-state index contributed by atoms with van der Waals surface area (Å²) in [5.74, 6) is 1.08. The first-order valence-electron chi connectivity index (χ1n) is 7.83. The molecule has 26 heavy (non-hydrogen) atoms. The molecular formula is C17H15Cl2N5O2. The van der Waals surface area contributed by atoms with E-state index in [9.17, 15) is 5.26 Å². The maximum absolute atomic E-state index is 9.20. The quantitative estimate of drug-likeness (QED) is 0.580. The molecule has 0 atom stereocenters. The third-order valence-corrected chi connectivity index (χ3v) is 3.99. The number of nitrogens with one attached hydrogen (secondary N) is 1. The molecule has 1 N–H and O–H groups in total. The van der Waals surface area contributed by atoms with Crippen molar-refractivity contribution in [1.29, 1.82) is 5.26 Å². The second-order valence-corrected chi connectivity index (χ2v) is 6.19. The first kappa shape index (κ1) is 18.1. The maximum atomic E-state index is 9.20. The number of hydrogen-bond donors (Lipinski definition) is 1. The molecule has 0 fully saturated rings. The SMILES string of the molecule is N#Cc1nc(COc2ccc(Cl)cc2Cl)oc1NCCCn1ccnc1. The Bertz CT molecular complexity index is 903. The van der Waals surface area contributed by atoms with Gasteiger partial charge in [-0.1, -0.05) is 23.2 Å². The Hall–Kier alpha value is -2.69. The Morgan fingerprint density at radius 2 is 2.23 bits per heavy atom. The fourth-order valence-electron chi connectivity index (χ4n) is 2.24. The molecule has 3 aromatic rings. The fraction of sp³-hybridized carbons (Fsp3) is 0.235. The Morgan fingerprint density at radius 1 is 1.35 bits per heavy atom. The van der Waals surface area contributed by atoms with Crippen LogP contribution in [0.5, 0.6) is 5.75 Å². The van der Waals surface area contributed by atoms with Gasteiger partial charge in [0.25, 0.3) is 0 Å². The van der Waals surface area contributed by atoms with Crippen LogP contribution in [0.4, 0.5) is 5.88 Å². The van der Waals surface area contributed by atoms with E-state index in [2.05, 4.69) is 15.3 Å². The third kappa shape index (κ3) is 4.69. The van der Waals surface area contributed by atoms with Crippen LogP contribution in [0, 0.1) is 11.3 Å². The van der Waals surface area contributed by atoms with Crippen molar-refractivity contribution in [2.75, 3.05) is 11.9 Å². The van der Waals surface area contributed by atoms with Crippen LogP contribution < -0.4 is 10.1 Å². The van der Waals surface area contributed by atoms with Crippen LogP contribution in [0.25, 0.3) is 0 Å². The highest BCUT2D eigenvalue weighted by molar-refractivity contribution is 6.35. The molecule has 134 valence electrons. The molecule has 2 aromatic heterocycles. The number of aromatic nitrogens is 3. The molecule has 0 aliphatic rings. The van der Waals surface area contributed by atoms with Gasteiger partial charge in [0.1, 0.15) is 11.8 Å². The van der Waals surface area contributed by atoms with Crippen molar-refractivity contribution in [3.05, 3.63) is 58.6 Å². The van der Waals surface area contributed by atoms with Gasteiger partial charge < -0.3 is 19.0 Å². The molecule has 0 spiro atoms. The Balaban J connectivity index is 1.55. The fourth-order valence-corrected chi connectivity index (χ4v) is 2.70. The topological polar surface area (TPSA) is 88.9 Å². The zero-order chi connectivity index (χ0) is 18.4. The highest BCUT2D eigenvalue weighted by atomic mass is 35.5. The molecule has 9 heteroatoms. The van der Waals surface area contributed by atoms with E-state index in [4.69, 9.17) is 32.4 Å². The van der Waals surface area contributed by atoms with Crippen LogP contribution in [0.15, 0.2) is 41.3 Å². The molecule has 1 aromatic carbocycles. The van der Waals surface area contributed by atoms with Gasteiger partial charge in [0, 0.05) is 30.5 Å². The first-order chi connectivity index (χ1) is 12.7. The second kappa shape index (κ2) is 8.61. The molecule has 0 aliphatic heterocycles. The molecule has 0 aliphatic carbocycles. The molecular weight excluding hydrogens is 377 g/mol. The summed E-state index contributed by atoms with van der Waals surface area (Å²) in [4.78, 5) is 8.11. The molecule has 0 saturated carbocycles. The minimum atomic E-state index is 0.0484. The lowest BCUT2D eigenvalue weighted by atomic mass is 10.3. The summed E-state index contributed by atoms with van der Waals surface area (Å²) >= 11 is 11.9. The normalized spacial score (nSPS) is 10.5. The van der Waals surface area contributed by atoms with Crippen molar-refractivity contribution in [3.63, 3.8) is 0 Å². The predicted molar refractivity (Wildman–Crippen MR) is 97.3 cm³/mol. The molecule has 0 amide bonds. The minimum absolute atomic E-state index is 0.0484. The standard InChI is InChI=1S/C17H15Cl2N5O2/c18-12-2-3-15(13(19)8-12)25-10-16-23-14(9-20)17(26-16)22-4-1-6-24-7-5-21-11-24/h2-3,5,7-8,11,22H,1,4,6,10H2. The van der Waals surface area contributed by atoms with Gasteiger partial charge in [-0.15, -0.1) is 0 Å². The number of anilines is 1. The molecule has 3 rings (SSSR count). The lowest BCUT2D eigenvalue weighted by molar-refractivity contribution is 0.265. The van der Waals surface area contributed by atoms with Gasteiger partial charge in [0.05, 0.1) is 11.3 Å². The molecule has 2 heterocycles. The highest BCUT2D eigenvalue weighted by Crippen LogP contribution is 2.28. The van der Waals surface area contributed by atoms with Crippen LogP contribution in [-0.2, 0) is 13.2 Å². The van der Waals surface area contributed by atoms with E-state index < -0.39 is 0 Å². The highest BCUT2D eigenvalue weighted by Gasteiger charge is 2.14. The third-order valence-electron chi connectivity index (χ3n) is 3.46. The maximum Gasteiger partial charge on any atom is 0.236 e. The van der Waals surface area contributed by atoms with E-state index >= 15 is 0 Å². The van der Waals surface area contributed by atoms with E-state index in [0.717, 1.165) is 13.0 Å². The first-order valence-corrected chi connectivity index (χ1v) is 8.58. The van der Waals surface area contributed by atoms with Crippen molar-refractivity contribution < 1.29 is 9.15 Å². The zero-order valence-corrected chi connectivity index (χ0v) is 15.2. The largest absolute Gasteiger partial charge is 0.482 e. The van der Waals surface area contributed by atoms with Gasteiger partial charge in [0.2, 0.25) is 17.5 Å². The second-order valence-electron chi connectivity index (χ2n) is 5.34. The molecule has 0 unspecified atom stereocenters. The Labute approximate surface area is 160 Å². The van der Waals surface area contributed by atoms with Crippen LogP contribution >= 0.6 is 23.2 Å². The summed E-state index contributed by atoms with van der Waals surface area (Å²) in [5.41, 5.74) is 0.188. The van der Waals surface area contributed by atoms with Gasteiger partial charge in [-0.2, -0.15) is 10.2 Å². The summed E-state index contributed by atoms with van der Waals surface area (Å²) in [6.07, 6.45) is 6.23. The van der Waals surface area contributed by atoms with Crippen molar-refractivity contribution in [1.82, 2.24) is 14.5 Å². The van der Waals surface area contributed by atoms with Gasteiger partial charge in [0.15, 0.2) is 6.61 Å². The number of aryl methyl sites for hydroxylation is 1. The van der Waals surface area contributed by atoms with E-state index in [1.165, 1.54) is 0 Å². The molecule has 0 radical (unpaired) electrons. The monoisotopic (exact) mass is 391 g/mol. The number of ether oxygens (including phenoxy) is 1. The van der Waals surface area contributed by atoms with E-state index in [1.807, 2.05) is 16.8 Å². The predicted octanol–water partition coefficient (Wildman–Crippen LogP) is 4.13. The number of benzene rings is 1. The summed E-state index contributed by atoms with van der Waals surface area (Å²) in [6, 6.07) is 6.92. The number of rotatable bonds is 8. The van der Waals surface area contributed by atoms with Crippen LogP contribution in [-0.4, -0.2) is 21.1 Å². The number of nitriles is 1. The smallest absolute Gasteiger partial charge is 0.236 e. The van der Waals surface area contributed by atoms with Crippen LogP contribution in [0.2, 0.25) is 10.0 Å². The van der Waals surface area contributed by atoms with Gasteiger partial charge in [-0.25, -0.2) is 4.98 Å². The van der Waals surface area contributed by atoms with E-state index in [1.54, 1.807) is 30.7 Å². The Morgan fingerprint density at radius 3 is 2.96 bits per heavy atom. The summed E-state index contributed by atoms with van der Waals surface area (Å²) in [5, 5.41) is 13.2. The lowest BCUT2D eigenvalue weighted by Crippen LogP contribution is -2.06. The minimum Gasteiger partial charge on any atom is -0.482 e. The average Bonchev–Trinajstić information content (AvgIpc) is 3.27. The van der Waals surface area contributed by atoms with Crippen LogP contribution in [0.3, 0.4) is 0 Å². The zero-order valence-electron chi connectivity index (χ0n) is 13.7. The number of nitrogens with zero attached hydrogens (tertiary/aromatic N) is 4. The van der Waals surface area contributed by atoms with Crippen LogP contribution in [0.1, 0.15) is 18.0 Å². The molecule has 0 bridgehead atoms.